The van der Waals surface area contributed by atoms with E-state index in [0.717, 1.165) is 19.5 Å². The molecule has 2 N–H and O–H groups in total. The van der Waals surface area contributed by atoms with Gasteiger partial charge in [-0.25, -0.2) is 0 Å². The SMILES string of the molecule is CCn1c(C)c(CCN)c2ccccc21. The average molecular weight is 202 g/mol. The van der Waals surface area contributed by atoms with E-state index in [-0.39, 0.29) is 0 Å². The largest absolute Gasteiger partial charge is 0.345 e. The van der Waals surface area contributed by atoms with E-state index in [0.29, 0.717) is 0 Å². The zero-order valence-corrected chi connectivity index (χ0v) is 9.46. The molecule has 0 saturated carbocycles. The van der Waals surface area contributed by atoms with Gasteiger partial charge in [-0.3, -0.25) is 0 Å². The molecule has 15 heavy (non-hydrogen) atoms. The molecule has 2 nitrogen and oxygen atoms in total. The van der Waals surface area contributed by atoms with Crippen molar-refractivity contribution in [2.75, 3.05) is 6.54 Å². The molecule has 2 aromatic rings. The third-order valence-corrected chi connectivity index (χ3v) is 3.07. The van der Waals surface area contributed by atoms with E-state index >= 15 is 0 Å². The summed E-state index contributed by atoms with van der Waals surface area (Å²) in [7, 11) is 0. The maximum Gasteiger partial charge on any atom is 0.0485 e. The lowest BCUT2D eigenvalue weighted by Gasteiger charge is -2.04. The van der Waals surface area contributed by atoms with Crippen LogP contribution >= 0.6 is 0 Å². The van der Waals surface area contributed by atoms with Crippen molar-refractivity contribution in [1.29, 1.82) is 0 Å². The lowest BCUT2D eigenvalue weighted by atomic mass is 10.1. The Bertz CT molecular complexity index is 469. The maximum absolute atomic E-state index is 5.66. The minimum Gasteiger partial charge on any atom is -0.345 e. The maximum atomic E-state index is 5.66. The first-order chi connectivity index (χ1) is 7.29. The molecule has 0 unspecified atom stereocenters. The molecule has 2 rings (SSSR count). The minimum absolute atomic E-state index is 0.721. The number of fused-ring (bicyclic) bond motifs is 1. The number of para-hydroxylation sites is 1. The lowest BCUT2D eigenvalue weighted by molar-refractivity contribution is 0.760. The topological polar surface area (TPSA) is 30.9 Å². The molecule has 1 heterocycles. The molecule has 1 aromatic carbocycles. The standard InChI is InChI=1S/C13H18N2/c1-3-15-10(2)11(8-9-14)12-6-4-5-7-13(12)15/h4-7H,3,8-9,14H2,1-2H3. The Hall–Kier alpha value is -1.28. The van der Waals surface area contributed by atoms with Gasteiger partial charge in [-0.2, -0.15) is 0 Å². The predicted octanol–water partition coefficient (Wildman–Crippen LogP) is 2.47. The quantitative estimate of drug-likeness (QED) is 0.814. The van der Waals surface area contributed by atoms with Crippen molar-refractivity contribution in [2.24, 2.45) is 5.73 Å². The van der Waals surface area contributed by atoms with Crippen LogP contribution in [0.2, 0.25) is 0 Å². The van der Waals surface area contributed by atoms with Gasteiger partial charge in [0.05, 0.1) is 0 Å². The first-order valence-corrected chi connectivity index (χ1v) is 5.56. The van der Waals surface area contributed by atoms with Gasteiger partial charge in [0.25, 0.3) is 0 Å². The number of rotatable bonds is 3. The van der Waals surface area contributed by atoms with Crippen molar-refractivity contribution in [1.82, 2.24) is 4.57 Å². The van der Waals surface area contributed by atoms with Crippen LogP contribution in [0.25, 0.3) is 10.9 Å². The number of aromatic nitrogens is 1. The molecule has 80 valence electrons. The second-order valence-corrected chi connectivity index (χ2v) is 3.86. The fourth-order valence-electron chi connectivity index (χ4n) is 2.37. The third-order valence-electron chi connectivity index (χ3n) is 3.07. The molecular weight excluding hydrogens is 184 g/mol. The molecule has 0 radical (unpaired) electrons. The summed E-state index contributed by atoms with van der Waals surface area (Å²) in [5, 5.41) is 1.36. The average Bonchev–Trinajstić information content (AvgIpc) is 2.53. The molecule has 0 amide bonds. The van der Waals surface area contributed by atoms with Crippen LogP contribution in [0.3, 0.4) is 0 Å². The lowest BCUT2D eigenvalue weighted by Crippen LogP contribution is -2.04. The van der Waals surface area contributed by atoms with Crippen molar-refractivity contribution in [3.05, 3.63) is 35.5 Å². The van der Waals surface area contributed by atoms with E-state index in [1.54, 1.807) is 0 Å². The molecule has 0 saturated heterocycles. The molecule has 0 aliphatic carbocycles. The Labute approximate surface area is 90.7 Å². The van der Waals surface area contributed by atoms with Crippen molar-refractivity contribution in [3.8, 4) is 0 Å². The summed E-state index contributed by atoms with van der Waals surface area (Å²) >= 11 is 0. The number of benzene rings is 1. The number of nitrogens with two attached hydrogens (primary N) is 1. The van der Waals surface area contributed by atoms with Crippen LogP contribution in [-0.2, 0) is 13.0 Å². The first kappa shape index (κ1) is 10.2. The highest BCUT2D eigenvalue weighted by atomic mass is 15.0. The Balaban J connectivity index is 2.72. The zero-order valence-electron chi connectivity index (χ0n) is 9.46. The summed E-state index contributed by atoms with van der Waals surface area (Å²) in [6.07, 6.45) is 0.972. The van der Waals surface area contributed by atoms with Gasteiger partial charge in [-0.1, -0.05) is 18.2 Å². The van der Waals surface area contributed by atoms with E-state index in [9.17, 15) is 0 Å². The van der Waals surface area contributed by atoms with Gasteiger partial charge in [0, 0.05) is 23.1 Å². The van der Waals surface area contributed by atoms with Gasteiger partial charge >= 0.3 is 0 Å². The summed E-state index contributed by atoms with van der Waals surface area (Å²) in [5.41, 5.74) is 9.77. The van der Waals surface area contributed by atoms with Crippen LogP contribution in [0.15, 0.2) is 24.3 Å². The molecule has 0 aliphatic rings. The minimum atomic E-state index is 0.721. The third kappa shape index (κ3) is 1.55. The molecule has 0 atom stereocenters. The van der Waals surface area contributed by atoms with E-state index < -0.39 is 0 Å². The number of aryl methyl sites for hydroxylation is 1. The highest BCUT2D eigenvalue weighted by molar-refractivity contribution is 5.85. The molecule has 2 heteroatoms. The highest BCUT2D eigenvalue weighted by Gasteiger charge is 2.11. The molecule has 0 aliphatic heterocycles. The Morgan fingerprint density at radius 1 is 1.27 bits per heavy atom. The smallest absolute Gasteiger partial charge is 0.0485 e. The van der Waals surface area contributed by atoms with Gasteiger partial charge < -0.3 is 10.3 Å². The molecule has 1 aromatic heterocycles. The summed E-state index contributed by atoms with van der Waals surface area (Å²) < 4.78 is 2.36. The van der Waals surface area contributed by atoms with Crippen LogP contribution < -0.4 is 5.73 Å². The number of hydrogen-bond acceptors (Lipinski definition) is 1. The van der Waals surface area contributed by atoms with E-state index in [1.165, 1.54) is 22.2 Å². The second kappa shape index (κ2) is 4.07. The Kier molecular flexibility index (Phi) is 2.78. The summed E-state index contributed by atoms with van der Waals surface area (Å²) in [6, 6.07) is 8.58. The zero-order chi connectivity index (χ0) is 10.8. The van der Waals surface area contributed by atoms with Crippen molar-refractivity contribution in [2.45, 2.75) is 26.8 Å². The van der Waals surface area contributed by atoms with E-state index in [1.807, 2.05) is 0 Å². The van der Waals surface area contributed by atoms with Crippen molar-refractivity contribution < 1.29 is 0 Å². The van der Waals surface area contributed by atoms with E-state index in [4.69, 9.17) is 5.73 Å². The normalized spacial score (nSPS) is 11.1. The summed E-state index contributed by atoms with van der Waals surface area (Å²) in [4.78, 5) is 0. The number of hydrogen-bond donors (Lipinski definition) is 1. The van der Waals surface area contributed by atoms with Gasteiger partial charge in [-0.05, 0) is 38.4 Å². The second-order valence-electron chi connectivity index (χ2n) is 3.86. The monoisotopic (exact) mass is 202 g/mol. The van der Waals surface area contributed by atoms with Crippen LogP contribution in [0.1, 0.15) is 18.2 Å². The van der Waals surface area contributed by atoms with Crippen molar-refractivity contribution >= 4 is 10.9 Å². The number of nitrogens with zero attached hydrogens (tertiary/aromatic N) is 1. The van der Waals surface area contributed by atoms with Gasteiger partial charge in [0.1, 0.15) is 0 Å². The molecular formula is C13H18N2. The van der Waals surface area contributed by atoms with Gasteiger partial charge in [-0.15, -0.1) is 0 Å². The van der Waals surface area contributed by atoms with Gasteiger partial charge in [0.15, 0.2) is 0 Å². The molecule has 0 spiro atoms. The van der Waals surface area contributed by atoms with Crippen LogP contribution in [0, 0.1) is 6.92 Å². The fraction of sp³-hybridized carbons (Fsp3) is 0.385. The van der Waals surface area contributed by atoms with Crippen molar-refractivity contribution in [3.63, 3.8) is 0 Å². The molecule has 0 bridgehead atoms. The summed E-state index contributed by atoms with van der Waals surface area (Å²) in [5.74, 6) is 0. The van der Waals surface area contributed by atoms with E-state index in [2.05, 4.69) is 42.7 Å². The molecule has 0 fully saturated rings. The van der Waals surface area contributed by atoms with Crippen LogP contribution in [0.5, 0.6) is 0 Å². The first-order valence-electron chi connectivity index (χ1n) is 5.56. The Morgan fingerprint density at radius 3 is 2.67 bits per heavy atom. The predicted molar refractivity (Wildman–Crippen MR) is 65.1 cm³/mol. The highest BCUT2D eigenvalue weighted by Crippen LogP contribution is 2.25. The van der Waals surface area contributed by atoms with Crippen LogP contribution in [0.4, 0.5) is 0 Å². The summed E-state index contributed by atoms with van der Waals surface area (Å²) in [6.45, 7) is 6.12. The van der Waals surface area contributed by atoms with Crippen LogP contribution in [-0.4, -0.2) is 11.1 Å². The Morgan fingerprint density at radius 2 is 2.00 bits per heavy atom. The van der Waals surface area contributed by atoms with Gasteiger partial charge in [0.2, 0.25) is 0 Å². The fourth-order valence-corrected chi connectivity index (χ4v) is 2.37.